The Labute approximate surface area is 209 Å². The van der Waals surface area contributed by atoms with Gasteiger partial charge in [0.25, 0.3) is 5.91 Å². The number of nitrogens with zero attached hydrogens (tertiary/aromatic N) is 1. The Morgan fingerprint density at radius 3 is 2.31 bits per heavy atom. The minimum absolute atomic E-state index is 0.144. The lowest BCUT2D eigenvalue weighted by molar-refractivity contribution is -0.167. The smallest absolute Gasteiger partial charge is 0.326 e. The molecule has 0 radical (unpaired) electrons. The molecule has 1 fully saturated rings. The second-order valence-corrected chi connectivity index (χ2v) is 9.37. The topological polar surface area (TPSA) is 96.3 Å². The number of aliphatic carboxylic acids is 1. The maximum Gasteiger partial charge on any atom is 0.326 e. The summed E-state index contributed by atoms with van der Waals surface area (Å²) in [7, 11) is 0. The normalized spacial score (nSPS) is 21.7. The Morgan fingerprint density at radius 2 is 1.64 bits per heavy atom. The number of carboxylic acids is 1. The van der Waals surface area contributed by atoms with E-state index in [0.717, 1.165) is 16.7 Å². The van der Waals surface area contributed by atoms with Gasteiger partial charge in [-0.3, -0.25) is 4.79 Å². The van der Waals surface area contributed by atoms with Gasteiger partial charge in [-0.1, -0.05) is 72.8 Å². The van der Waals surface area contributed by atoms with Crippen LogP contribution in [0, 0.1) is 0 Å². The molecule has 1 unspecified atom stereocenters. The quantitative estimate of drug-likeness (QED) is 0.501. The van der Waals surface area contributed by atoms with E-state index in [0.29, 0.717) is 30.8 Å². The van der Waals surface area contributed by atoms with Crippen molar-refractivity contribution in [3.63, 3.8) is 0 Å². The SMILES string of the molecule is O=C(O)[C@H]1Cc2c(cccc2OCc2ccccc2)CN1C(=O)C(OC1CC(O)C1)c1ccccc1. The second-order valence-electron chi connectivity index (χ2n) is 9.37. The third kappa shape index (κ3) is 5.12. The highest BCUT2D eigenvalue weighted by Crippen LogP contribution is 2.36. The molecule has 7 heteroatoms. The fraction of sp³-hybridized carbons (Fsp3) is 0.310. The van der Waals surface area contributed by atoms with E-state index in [1.54, 1.807) is 12.1 Å². The highest BCUT2D eigenvalue weighted by molar-refractivity contribution is 5.88. The number of aliphatic hydroxyl groups excluding tert-OH is 1. The first-order valence-corrected chi connectivity index (χ1v) is 12.2. The molecule has 36 heavy (non-hydrogen) atoms. The Kier molecular flexibility index (Phi) is 7.02. The molecule has 1 aliphatic heterocycles. The molecule has 7 nitrogen and oxygen atoms in total. The van der Waals surface area contributed by atoms with Gasteiger partial charge in [-0.2, -0.15) is 0 Å². The number of hydrogen-bond acceptors (Lipinski definition) is 5. The van der Waals surface area contributed by atoms with Crippen LogP contribution >= 0.6 is 0 Å². The van der Waals surface area contributed by atoms with Crippen molar-refractivity contribution in [2.24, 2.45) is 0 Å². The van der Waals surface area contributed by atoms with E-state index in [9.17, 15) is 19.8 Å². The molecule has 0 spiro atoms. The van der Waals surface area contributed by atoms with Crippen molar-refractivity contribution in [3.05, 3.63) is 101 Å². The van der Waals surface area contributed by atoms with Crippen LogP contribution in [0.15, 0.2) is 78.9 Å². The number of rotatable bonds is 8. The van der Waals surface area contributed by atoms with Gasteiger partial charge in [0.15, 0.2) is 6.10 Å². The van der Waals surface area contributed by atoms with Crippen LogP contribution in [0.2, 0.25) is 0 Å². The minimum atomic E-state index is -1.07. The highest BCUT2D eigenvalue weighted by Gasteiger charge is 2.41. The van der Waals surface area contributed by atoms with Crippen LogP contribution in [0.5, 0.6) is 5.75 Å². The molecule has 1 heterocycles. The maximum absolute atomic E-state index is 13.8. The molecule has 2 aliphatic rings. The summed E-state index contributed by atoms with van der Waals surface area (Å²) in [5.74, 6) is -0.831. The number of amides is 1. The Morgan fingerprint density at radius 1 is 0.944 bits per heavy atom. The molecule has 186 valence electrons. The third-order valence-corrected chi connectivity index (χ3v) is 6.87. The van der Waals surface area contributed by atoms with E-state index in [1.165, 1.54) is 4.90 Å². The average Bonchev–Trinajstić information content (AvgIpc) is 2.89. The molecule has 3 aromatic carbocycles. The third-order valence-electron chi connectivity index (χ3n) is 6.87. The molecule has 0 saturated heterocycles. The van der Waals surface area contributed by atoms with Crippen LogP contribution < -0.4 is 4.74 Å². The average molecular weight is 488 g/mol. The van der Waals surface area contributed by atoms with Crippen LogP contribution in [0.3, 0.4) is 0 Å². The Balaban J connectivity index is 1.40. The van der Waals surface area contributed by atoms with E-state index >= 15 is 0 Å². The van der Waals surface area contributed by atoms with E-state index < -0.39 is 30.1 Å². The molecule has 2 atom stereocenters. The van der Waals surface area contributed by atoms with Crippen molar-refractivity contribution in [2.75, 3.05) is 0 Å². The zero-order valence-electron chi connectivity index (χ0n) is 19.8. The molecule has 2 N–H and O–H groups in total. The fourth-order valence-electron chi connectivity index (χ4n) is 4.81. The van der Waals surface area contributed by atoms with Gasteiger partial charge in [-0.05, 0) is 35.6 Å². The molecule has 1 saturated carbocycles. The zero-order valence-corrected chi connectivity index (χ0v) is 19.8. The molecule has 0 bridgehead atoms. The van der Waals surface area contributed by atoms with Gasteiger partial charge in [0.2, 0.25) is 0 Å². The van der Waals surface area contributed by atoms with Gasteiger partial charge in [-0.25, -0.2) is 4.79 Å². The van der Waals surface area contributed by atoms with E-state index in [1.807, 2.05) is 66.7 Å². The lowest BCUT2D eigenvalue weighted by Crippen LogP contribution is -2.51. The molecule has 3 aromatic rings. The summed E-state index contributed by atoms with van der Waals surface area (Å²) in [4.78, 5) is 27.6. The molecule has 1 amide bonds. The summed E-state index contributed by atoms with van der Waals surface area (Å²) >= 11 is 0. The first-order valence-electron chi connectivity index (χ1n) is 12.2. The highest BCUT2D eigenvalue weighted by atomic mass is 16.5. The predicted molar refractivity (Wildman–Crippen MR) is 132 cm³/mol. The van der Waals surface area contributed by atoms with Crippen molar-refractivity contribution >= 4 is 11.9 Å². The van der Waals surface area contributed by atoms with Crippen LogP contribution in [-0.2, 0) is 33.9 Å². The number of carboxylic acid groups (broad SMARTS) is 1. The van der Waals surface area contributed by atoms with Crippen LogP contribution in [0.4, 0.5) is 0 Å². The van der Waals surface area contributed by atoms with Crippen molar-refractivity contribution in [2.45, 2.75) is 56.8 Å². The lowest BCUT2D eigenvalue weighted by Gasteiger charge is -2.39. The standard InChI is InChI=1S/C29H29NO6/c31-22-14-23(15-22)36-27(20-10-5-2-6-11-20)28(32)30-17-21-12-7-13-26(24(21)16-25(30)29(33)34)35-18-19-8-3-1-4-9-19/h1-13,22-23,25,27,31H,14-18H2,(H,33,34)/t22?,23?,25-,27?/m1/s1. The van der Waals surface area contributed by atoms with Crippen molar-refractivity contribution < 1.29 is 29.3 Å². The predicted octanol–water partition coefficient (Wildman–Crippen LogP) is 3.88. The van der Waals surface area contributed by atoms with Gasteiger partial charge < -0.3 is 24.6 Å². The number of ether oxygens (including phenoxy) is 2. The fourth-order valence-corrected chi connectivity index (χ4v) is 4.81. The van der Waals surface area contributed by atoms with E-state index in [4.69, 9.17) is 9.47 Å². The van der Waals surface area contributed by atoms with Gasteiger partial charge in [0, 0.05) is 18.5 Å². The van der Waals surface area contributed by atoms with Gasteiger partial charge in [0.1, 0.15) is 18.4 Å². The summed E-state index contributed by atoms with van der Waals surface area (Å²) in [5, 5.41) is 19.8. The Hall–Kier alpha value is -3.68. The number of carbonyl (C=O) groups excluding carboxylic acids is 1. The second kappa shape index (κ2) is 10.5. The Bertz CT molecular complexity index is 1210. The van der Waals surface area contributed by atoms with Gasteiger partial charge in [-0.15, -0.1) is 0 Å². The van der Waals surface area contributed by atoms with E-state index in [-0.39, 0.29) is 19.1 Å². The summed E-state index contributed by atoms with van der Waals surface area (Å²) in [5.41, 5.74) is 3.35. The molecule has 5 rings (SSSR count). The van der Waals surface area contributed by atoms with Crippen LogP contribution in [0.25, 0.3) is 0 Å². The van der Waals surface area contributed by atoms with Gasteiger partial charge in [0.05, 0.1) is 12.2 Å². The summed E-state index contributed by atoms with van der Waals surface area (Å²) in [6.45, 7) is 0.516. The van der Waals surface area contributed by atoms with Crippen molar-refractivity contribution in [1.82, 2.24) is 4.90 Å². The number of fused-ring (bicyclic) bond motifs is 1. The van der Waals surface area contributed by atoms with E-state index in [2.05, 4.69) is 0 Å². The number of benzene rings is 3. The number of carbonyl (C=O) groups is 2. The monoisotopic (exact) mass is 487 g/mol. The van der Waals surface area contributed by atoms with Crippen molar-refractivity contribution in [3.8, 4) is 5.75 Å². The zero-order chi connectivity index (χ0) is 25.1. The molecule has 0 aromatic heterocycles. The summed E-state index contributed by atoms with van der Waals surface area (Å²) < 4.78 is 12.2. The van der Waals surface area contributed by atoms with Crippen LogP contribution in [-0.4, -0.2) is 45.2 Å². The number of hydrogen-bond donors (Lipinski definition) is 2. The van der Waals surface area contributed by atoms with Gasteiger partial charge >= 0.3 is 5.97 Å². The summed E-state index contributed by atoms with van der Waals surface area (Å²) in [6, 6.07) is 23.5. The molecular formula is C29H29NO6. The van der Waals surface area contributed by atoms with Crippen LogP contribution in [0.1, 0.15) is 41.2 Å². The lowest BCUT2D eigenvalue weighted by atomic mass is 9.90. The summed E-state index contributed by atoms with van der Waals surface area (Å²) in [6.07, 6.45) is -0.541. The maximum atomic E-state index is 13.8. The first-order chi connectivity index (χ1) is 17.5. The molecule has 1 aliphatic carbocycles. The number of aliphatic hydroxyl groups is 1. The minimum Gasteiger partial charge on any atom is -0.489 e. The van der Waals surface area contributed by atoms with Crippen molar-refractivity contribution in [1.29, 1.82) is 0 Å². The first kappa shape index (κ1) is 24.0. The largest absolute Gasteiger partial charge is 0.489 e. The molecular weight excluding hydrogens is 458 g/mol.